The first-order valence-electron chi connectivity index (χ1n) is 8.43. The second-order valence-electron chi connectivity index (χ2n) is 7.87. The molecule has 144 valence electrons. The van der Waals surface area contributed by atoms with E-state index in [1.165, 1.54) is 17.4 Å². The highest BCUT2D eigenvalue weighted by Crippen LogP contribution is 2.45. The average Bonchev–Trinajstić information content (AvgIpc) is 2.86. The molecular formula is C19H21Cl2N3O2S. The summed E-state index contributed by atoms with van der Waals surface area (Å²) in [6.07, 6.45) is 0.633. The summed E-state index contributed by atoms with van der Waals surface area (Å²) in [5, 5.41) is 7.49. The van der Waals surface area contributed by atoms with Gasteiger partial charge in [-0.25, -0.2) is 0 Å². The maximum absolute atomic E-state index is 12.7. The van der Waals surface area contributed by atoms with E-state index in [4.69, 9.17) is 28.9 Å². The van der Waals surface area contributed by atoms with Gasteiger partial charge >= 0.3 is 0 Å². The van der Waals surface area contributed by atoms with Crippen LogP contribution in [0.3, 0.4) is 0 Å². The Morgan fingerprint density at radius 2 is 1.89 bits per heavy atom. The van der Waals surface area contributed by atoms with E-state index in [0.717, 1.165) is 10.4 Å². The summed E-state index contributed by atoms with van der Waals surface area (Å²) >= 11 is 13.5. The van der Waals surface area contributed by atoms with Gasteiger partial charge in [-0.1, -0.05) is 23.2 Å². The standard InChI is InChI=1S/C19H21Cl2N3O2S/c1-18(2)8-11-13(15(22)25)17(27-14(11)19(3,4)24-18)23-16(26)10-7-9(20)5-6-12(10)21/h5-7,24H,8H2,1-4H3,(H2,22,25)(H,23,26). The fourth-order valence-electron chi connectivity index (χ4n) is 3.72. The number of anilines is 1. The van der Waals surface area contributed by atoms with Gasteiger partial charge in [0.05, 0.1) is 16.1 Å². The summed E-state index contributed by atoms with van der Waals surface area (Å²) in [7, 11) is 0. The smallest absolute Gasteiger partial charge is 0.257 e. The summed E-state index contributed by atoms with van der Waals surface area (Å²) in [6, 6.07) is 4.66. The van der Waals surface area contributed by atoms with Crippen molar-refractivity contribution >= 4 is 51.4 Å². The Kier molecular flexibility index (Phi) is 5.06. The van der Waals surface area contributed by atoms with E-state index >= 15 is 0 Å². The highest BCUT2D eigenvalue weighted by atomic mass is 35.5. The number of hydrogen-bond acceptors (Lipinski definition) is 4. The van der Waals surface area contributed by atoms with Gasteiger partial charge in [0, 0.05) is 21.0 Å². The first-order valence-corrected chi connectivity index (χ1v) is 10.0. The molecule has 2 heterocycles. The van der Waals surface area contributed by atoms with Crippen LogP contribution < -0.4 is 16.4 Å². The van der Waals surface area contributed by atoms with Crippen LogP contribution in [0, 0.1) is 0 Å². The number of benzene rings is 1. The van der Waals surface area contributed by atoms with Crippen molar-refractivity contribution in [1.29, 1.82) is 0 Å². The molecule has 1 aliphatic heterocycles. The van der Waals surface area contributed by atoms with Crippen molar-refractivity contribution in [2.45, 2.75) is 45.2 Å². The van der Waals surface area contributed by atoms with Crippen LogP contribution in [0.4, 0.5) is 5.00 Å². The van der Waals surface area contributed by atoms with Crippen LogP contribution in [0.5, 0.6) is 0 Å². The molecule has 0 fully saturated rings. The van der Waals surface area contributed by atoms with Crippen LogP contribution in [-0.2, 0) is 12.0 Å². The lowest BCUT2D eigenvalue weighted by molar-refractivity contribution is 0.0999. The normalized spacial score (nSPS) is 17.3. The predicted molar refractivity (Wildman–Crippen MR) is 111 cm³/mol. The molecule has 5 nitrogen and oxygen atoms in total. The lowest BCUT2D eigenvalue weighted by Crippen LogP contribution is -2.55. The van der Waals surface area contributed by atoms with Gasteiger partial charge in [-0.05, 0) is 57.9 Å². The molecule has 0 saturated heterocycles. The van der Waals surface area contributed by atoms with Crippen molar-refractivity contribution in [2.24, 2.45) is 5.73 Å². The van der Waals surface area contributed by atoms with Crippen LogP contribution in [-0.4, -0.2) is 17.4 Å². The van der Waals surface area contributed by atoms with Gasteiger partial charge in [-0.15, -0.1) is 11.3 Å². The maximum atomic E-state index is 12.7. The fraction of sp³-hybridized carbons (Fsp3) is 0.368. The average molecular weight is 426 g/mol. The van der Waals surface area contributed by atoms with Crippen molar-refractivity contribution in [2.75, 3.05) is 5.32 Å². The number of fused-ring (bicyclic) bond motifs is 1. The van der Waals surface area contributed by atoms with Crippen LogP contribution in [0.25, 0.3) is 0 Å². The Morgan fingerprint density at radius 1 is 1.22 bits per heavy atom. The van der Waals surface area contributed by atoms with Gasteiger partial charge in [0.25, 0.3) is 11.8 Å². The van der Waals surface area contributed by atoms with E-state index in [1.54, 1.807) is 12.1 Å². The fourth-order valence-corrected chi connectivity index (χ4v) is 5.37. The van der Waals surface area contributed by atoms with E-state index in [-0.39, 0.29) is 21.7 Å². The number of halogens is 2. The van der Waals surface area contributed by atoms with E-state index in [1.807, 2.05) is 13.8 Å². The third kappa shape index (κ3) is 3.85. The summed E-state index contributed by atoms with van der Waals surface area (Å²) in [6.45, 7) is 8.25. The van der Waals surface area contributed by atoms with Crippen molar-refractivity contribution in [3.05, 3.63) is 49.8 Å². The lowest BCUT2D eigenvalue weighted by atomic mass is 9.81. The molecular weight excluding hydrogens is 405 g/mol. The van der Waals surface area contributed by atoms with Crippen LogP contribution in [0.1, 0.15) is 58.9 Å². The monoisotopic (exact) mass is 425 g/mol. The largest absolute Gasteiger partial charge is 0.365 e. The summed E-state index contributed by atoms with van der Waals surface area (Å²) in [5.41, 5.74) is 6.60. The second-order valence-corrected chi connectivity index (χ2v) is 9.73. The van der Waals surface area contributed by atoms with E-state index < -0.39 is 11.8 Å². The lowest BCUT2D eigenvalue weighted by Gasteiger charge is -2.42. The topological polar surface area (TPSA) is 84.2 Å². The van der Waals surface area contributed by atoms with Gasteiger partial charge < -0.3 is 16.4 Å². The van der Waals surface area contributed by atoms with Crippen molar-refractivity contribution < 1.29 is 9.59 Å². The number of rotatable bonds is 3. The molecule has 0 saturated carbocycles. The van der Waals surface area contributed by atoms with Crippen LogP contribution in [0.15, 0.2) is 18.2 Å². The highest BCUT2D eigenvalue weighted by molar-refractivity contribution is 7.17. The SMILES string of the molecule is CC1(C)Cc2c(sc(NC(=O)c3cc(Cl)ccc3Cl)c2C(N)=O)C(C)(C)N1. The number of hydrogen-bond donors (Lipinski definition) is 3. The summed E-state index contributed by atoms with van der Waals surface area (Å²) in [4.78, 5) is 26.0. The molecule has 1 aliphatic rings. The molecule has 0 radical (unpaired) electrons. The Labute approximate surface area is 172 Å². The zero-order chi connectivity index (χ0) is 20.1. The number of nitrogens with two attached hydrogens (primary N) is 1. The number of thiophene rings is 1. The number of carbonyl (C=O) groups excluding carboxylic acids is 2. The molecule has 0 bridgehead atoms. The highest BCUT2D eigenvalue weighted by Gasteiger charge is 2.41. The number of amides is 2. The second kappa shape index (κ2) is 6.78. The molecule has 0 spiro atoms. The summed E-state index contributed by atoms with van der Waals surface area (Å²) < 4.78 is 0. The Hall–Kier alpha value is -1.60. The van der Waals surface area contributed by atoms with Gasteiger partial charge in [0.1, 0.15) is 5.00 Å². The predicted octanol–water partition coefficient (Wildman–Crippen LogP) is 4.57. The van der Waals surface area contributed by atoms with E-state index in [0.29, 0.717) is 22.0 Å². The third-order valence-corrected chi connectivity index (χ3v) is 6.53. The minimum absolute atomic E-state index is 0.209. The molecule has 0 atom stereocenters. The Bertz CT molecular complexity index is 951. The van der Waals surface area contributed by atoms with Crippen LogP contribution in [0.2, 0.25) is 10.0 Å². The molecule has 1 aromatic heterocycles. The molecule has 0 aliphatic carbocycles. The quantitative estimate of drug-likeness (QED) is 0.673. The van der Waals surface area contributed by atoms with Gasteiger partial charge in [0.2, 0.25) is 0 Å². The summed E-state index contributed by atoms with van der Waals surface area (Å²) in [5.74, 6) is -0.998. The number of primary amides is 1. The van der Waals surface area contributed by atoms with Crippen LogP contribution >= 0.6 is 34.5 Å². The molecule has 8 heteroatoms. The molecule has 2 aromatic rings. The van der Waals surface area contributed by atoms with Crippen molar-refractivity contribution in [3.63, 3.8) is 0 Å². The van der Waals surface area contributed by atoms with Crippen molar-refractivity contribution in [3.8, 4) is 0 Å². The molecule has 0 unspecified atom stereocenters. The number of nitrogens with one attached hydrogen (secondary N) is 2. The zero-order valence-electron chi connectivity index (χ0n) is 15.5. The Balaban J connectivity index is 2.07. The van der Waals surface area contributed by atoms with E-state index in [2.05, 4.69) is 24.5 Å². The zero-order valence-corrected chi connectivity index (χ0v) is 17.8. The molecule has 2 amide bonds. The first-order chi connectivity index (χ1) is 12.4. The van der Waals surface area contributed by atoms with Gasteiger partial charge in [0.15, 0.2) is 0 Å². The third-order valence-electron chi connectivity index (χ3n) is 4.49. The maximum Gasteiger partial charge on any atom is 0.257 e. The molecule has 1 aromatic carbocycles. The number of carbonyl (C=O) groups is 2. The van der Waals surface area contributed by atoms with Gasteiger partial charge in [-0.2, -0.15) is 0 Å². The first kappa shape index (κ1) is 20.1. The van der Waals surface area contributed by atoms with Crippen molar-refractivity contribution in [1.82, 2.24) is 5.32 Å². The minimum atomic E-state index is -0.562. The molecule has 27 heavy (non-hydrogen) atoms. The minimum Gasteiger partial charge on any atom is -0.365 e. The molecule has 3 rings (SSSR count). The molecule has 4 N–H and O–H groups in total. The van der Waals surface area contributed by atoms with Gasteiger partial charge in [-0.3, -0.25) is 9.59 Å². The van der Waals surface area contributed by atoms with E-state index in [9.17, 15) is 9.59 Å². The Morgan fingerprint density at radius 3 is 2.52 bits per heavy atom.